The molecule has 0 unspecified atom stereocenters. The van der Waals surface area contributed by atoms with E-state index in [1.807, 2.05) is 4.90 Å². The van der Waals surface area contributed by atoms with E-state index in [1.54, 1.807) is 12.1 Å². The Balaban J connectivity index is 1.63. The van der Waals surface area contributed by atoms with Crippen molar-refractivity contribution < 1.29 is 9.18 Å². The van der Waals surface area contributed by atoms with Crippen LogP contribution in [0, 0.1) is 5.82 Å². The summed E-state index contributed by atoms with van der Waals surface area (Å²) in [6.45, 7) is 9.80. The number of halogens is 1. The fourth-order valence-electron chi connectivity index (χ4n) is 3.47. The Morgan fingerprint density at radius 1 is 0.962 bits per heavy atom. The van der Waals surface area contributed by atoms with Gasteiger partial charge in [0.1, 0.15) is 5.82 Å². The van der Waals surface area contributed by atoms with Crippen LogP contribution in [0.5, 0.6) is 0 Å². The van der Waals surface area contributed by atoms with E-state index in [2.05, 4.69) is 49.9 Å². The van der Waals surface area contributed by atoms with Crippen molar-refractivity contribution in [2.24, 2.45) is 0 Å². The van der Waals surface area contributed by atoms with Gasteiger partial charge in [-0.05, 0) is 34.7 Å². The third-order valence-corrected chi connectivity index (χ3v) is 4.95. The molecule has 0 saturated carbocycles. The number of carbonyl (C=O) groups excluding carboxylic acids is 1. The van der Waals surface area contributed by atoms with Crippen molar-refractivity contribution in [1.82, 2.24) is 4.90 Å². The lowest BCUT2D eigenvalue weighted by Crippen LogP contribution is -2.49. The Kier molecular flexibility index (Phi) is 5.30. The summed E-state index contributed by atoms with van der Waals surface area (Å²) in [5.41, 5.74) is 3.56. The van der Waals surface area contributed by atoms with E-state index in [0.717, 1.165) is 31.7 Å². The number of hydrogen-bond acceptors (Lipinski definition) is 2. The number of carbonyl (C=O) groups is 1. The van der Waals surface area contributed by atoms with Gasteiger partial charge in [0.2, 0.25) is 5.91 Å². The summed E-state index contributed by atoms with van der Waals surface area (Å²) in [5, 5.41) is 0. The minimum Gasteiger partial charge on any atom is -0.368 e. The third-order valence-electron chi connectivity index (χ3n) is 4.95. The van der Waals surface area contributed by atoms with Crippen molar-refractivity contribution in [3.63, 3.8) is 0 Å². The zero-order chi connectivity index (χ0) is 18.7. The maximum Gasteiger partial charge on any atom is 0.227 e. The van der Waals surface area contributed by atoms with Crippen LogP contribution in [0.1, 0.15) is 31.9 Å². The van der Waals surface area contributed by atoms with Crippen LogP contribution in [0.15, 0.2) is 48.5 Å². The molecule has 0 atom stereocenters. The lowest BCUT2D eigenvalue weighted by Gasteiger charge is -2.38. The molecule has 4 heteroatoms. The summed E-state index contributed by atoms with van der Waals surface area (Å²) in [4.78, 5) is 16.8. The van der Waals surface area contributed by atoms with Crippen molar-refractivity contribution in [2.75, 3.05) is 31.1 Å². The normalized spacial score (nSPS) is 15.2. The van der Waals surface area contributed by atoms with E-state index in [9.17, 15) is 9.18 Å². The van der Waals surface area contributed by atoms with Crippen molar-refractivity contribution in [1.29, 1.82) is 0 Å². The number of rotatable bonds is 3. The second-order valence-corrected chi connectivity index (χ2v) is 7.94. The van der Waals surface area contributed by atoms with Crippen molar-refractivity contribution in [2.45, 2.75) is 32.6 Å². The molecule has 0 radical (unpaired) electrons. The molecule has 0 spiro atoms. The third kappa shape index (κ3) is 4.24. The summed E-state index contributed by atoms with van der Waals surface area (Å²) < 4.78 is 13.0. The molecule has 3 nitrogen and oxygen atoms in total. The van der Waals surface area contributed by atoms with Crippen LogP contribution in [0.4, 0.5) is 10.1 Å². The number of hydrogen-bond donors (Lipinski definition) is 0. The molecule has 1 saturated heterocycles. The Bertz CT molecular complexity index is 756. The first-order valence-corrected chi connectivity index (χ1v) is 9.21. The molecule has 1 fully saturated rings. The Morgan fingerprint density at radius 2 is 1.58 bits per heavy atom. The highest BCUT2D eigenvalue weighted by Crippen LogP contribution is 2.32. The molecule has 1 aliphatic heterocycles. The second-order valence-electron chi connectivity index (χ2n) is 7.94. The lowest BCUT2D eigenvalue weighted by atomic mass is 9.85. The van der Waals surface area contributed by atoms with Gasteiger partial charge < -0.3 is 9.80 Å². The molecule has 1 amide bonds. The quantitative estimate of drug-likeness (QED) is 0.831. The van der Waals surface area contributed by atoms with Crippen LogP contribution >= 0.6 is 0 Å². The molecule has 2 aromatic carbocycles. The van der Waals surface area contributed by atoms with Crippen LogP contribution in [-0.4, -0.2) is 37.0 Å². The summed E-state index contributed by atoms with van der Waals surface area (Å²) in [6, 6.07) is 14.7. The summed E-state index contributed by atoms with van der Waals surface area (Å²) >= 11 is 0. The summed E-state index contributed by atoms with van der Waals surface area (Å²) in [5.74, 6) is -0.160. The highest BCUT2D eigenvalue weighted by atomic mass is 19.1. The van der Waals surface area contributed by atoms with Crippen LogP contribution in [-0.2, 0) is 16.6 Å². The van der Waals surface area contributed by atoms with E-state index < -0.39 is 0 Å². The average molecular weight is 354 g/mol. The monoisotopic (exact) mass is 354 g/mol. The van der Waals surface area contributed by atoms with E-state index in [-0.39, 0.29) is 17.1 Å². The highest BCUT2D eigenvalue weighted by Gasteiger charge is 2.25. The molecule has 0 aromatic heterocycles. The van der Waals surface area contributed by atoms with Crippen molar-refractivity contribution in [3.05, 3.63) is 65.5 Å². The summed E-state index contributed by atoms with van der Waals surface area (Å²) in [7, 11) is 0. The van der Waals surface area contributed by atoms with E-state index in [4.69, 9.17) is 0 Å². The summed E-state index contributed by atoms with van der Waals surface area (Å²) in [6.07, 6.45) is 0.332. The second kappa shape index (κ2) is 7.48. The molecule has 138 valence electrons. The molecule has 0 aliphatic carbocycles. The first kappa shape index (κ1) is 18.4. The van der Waals surface area contributed by atoms with Crippen LogP contribution < -0.4 is 4.90 Å². The Morgan fingerprint density at radius 3 is 2.19 bits per heavy atom. The minimum atomic E-state index is -0.271. The molecular formula is C22H27FN2O. The zero-order valence-corrected chi connectivity index (χ0v) is 15.8. The van der Waals surface area contributed by atoms with E-state index >= 15 is 0 Å². The molecule has 1 aliphatic rings. The largest absolute Gasteiger partial charge is 0.368 e. The average Bonchev–Trinajstić information content (AvgIpc) is 2.63. The lowest BCUT2D eigenvalue weighted by molar-refractivity contribution is -0.130. The van der Waals surface area contributed by atoms with Gasteiger partial charge in [0, 0.05) is 31.9 Å². The molecular weight excluding hydrogens is 327 g/mol. The number of para-hydroxylation sites is 1. The van der Waals surface area contributed by atoms with Gasteiger partial charge in [-0.2, -0.15) is 0 Å². The number of anilines is 1. The van der Waals surface area contributed by atoms with Gasteiger partial charge in [-0.15, -0.1) is 0 Å². The Labute approximate surface area is 155 Å². The van der Waals surface area contributed by atoms with Crippen LogP contribution in [0.3, 0.4) is 0 Å². The van der Waals surface area contributed by atoms with Crippen LogP contribution in [0.25, 0.3) is 0 Å². The predicted octanol–water partition coefficient (Wildman–Crippen LogP) is 4.01. The number of nitrogens with zero attached hydrogens (tertiary/aromatic N) is 2. The molecule has 0 N–H and O–H groups in total. The predicted molar refractivity (Wildman–Crippen MR) is 104 cm³/mol. The molecule has 0 bridgehead atoms. The van der Waals surface area contributed by atoms with Gasteiger partial charge in [0.25, 0.3) is 0 Å². The van der Waals surface area contributed by atoms with Crippen molar-refractivity contribution in [3.8, 4) is 0 Å². The highest BCUT2D eigenvalue weighted by molar-refractivity contribution is 5.79. The topological polar surface area (TPSA) is 23.6 Å². The van der Waals surface area contributed by atoms with Gasteiger partial charge >= 0.3 is 0 Å². The van der Waals surface area contributed by atoms with Gasteiger partial charge in [-0.3, -0.25) is 4.79 Å². The first-order valence-electron chi connectivity index (χ1n) is 9.21. The van der Waals surface area contributed by atoms with Gasteiger partial charge in [0.05, 0.1) is 6.42 Å². The Hall–Kier alpha value is -2.36. The fraction of sp³-hybridized carbons (Fsp3) is 0.409. The zero-order valence-electron chi connectivity index (χ0n) is 15.8. The minimum absolute atomic E-state index is 0.0894. The molecule has 2 aromatic rings. The number of piperazine rings is 1. The SMILES string of the molecule is CC(C)(C)c1ccccc1N1CCN(C(=O)Cc2ccc(F)cc2)CC1. The standard InChI is InChI=1S/C22H27FN2O/c1-22(2,3)19-6-4-5-7-20(19)24-12-14-25(15-13-24)21(26)16-17-8-10-18(23)11-9-17/h4-11H,12-16H2,1-3H3. The van der Waals surface area contributed by atoms with E-state index in [1.165, 1.54) is 23.4 Å². The maximum atomic E-state index is 13.0. The van der Waals surface area contributed by atoms with Gasteiger partial charge in [0.15, 0.2) is 0 Å². The first-order chi connectivity index (χ1) is 12.3. The molecule has 1 heterocycles. The smallest absolute Gasteiger partial charge is 0.227 e. The molecule has 3 rings (SSSR count). The maximum absolute atomic E-state index is 13.0. The van der Waals surface area contributed by atoms with Gasteiger partial charge in [-0.25, -0.2) is 4.39 Å². The van der Waals surface area contributed by atoms with E-state index in [0.29, 0.717) is 6.42 Å². The number of benzene rings is 2. The van der Waals surface area contributed by atoms with Gasteiger partial charge in [-0.1, -0.05) is 51.1 Å². The van der Waals surface area contributed by atoms with Crippen LogP contribution in [0.2, 0.25) is 0 Å². The fourth-order valence-corrected chi connectivity index (χ4v) is 3.47. The number of amides is 1. The van der Waals surface area contributed by atoms with Crippen molar-refractivity contribution >= 4 is 11.6 Å². The molecule has 26 heavy (non-hydrogen) atoms.